The first kappa shape index (κ1) is 22.7. The van der Waals surface area contributed by atoms with Crippen LogP contribution >= 0.6 is 0 Å². The summed E-state index contributed by atoms with van der Waals surface area (Å²) >= 11 is 0. The van der Waals surface area contributed by atoms with Gasteiger partial charge in [0.2, 0.25) is 5.91 Å². The normalized spacial score (nSPS) is 10.6. The van der Waals surface area contributed by atoms with E-state index in [0.29, 0.717) is 24.4 Å². The van der Waals surface area contributed by atoms with Crippen molar-refractivity contribution in [2.24, 2.45) is 0 Å². The summed E-state index contributed by atoms with van der Waals surface area (Å²) in [7, 11) is 1.74. The van der Waals surface area contributed by atoms with Crippen molar-refractivity contribution in [2.45, 2.75) is 6.42 Å². The molecule has 1 heterocycles. The molecule has 4 rings (SSSR count). The highest BCUT2D eigenvalue weighted by Crippen LogP contribution is 2.26. The van der Waals surface area contributed by atoms with E-state index in [1.54, 1.807) is 28.8 Å². The molecule has 0 saturated carbocycles. The molecular weight excluding hydrogens is 432 g/mol. The first-order chi connectivity index (χ1) is 16.5. The predicted molar refractivity (Wildman–Crippen MR) is 129 cm³/mol. The maximum Gasteiger partial charge on any atom is 0.269 e. The molecule has 8 heteroatoms. The fraction of sp³-hybridized carbons (Fsp3) is 0.154. The molecule has 1 aromatic heterocycles. The third-order valence-corrected chi connectivity index (χ3v) is 5.37. The van der Waals surface area contributed by atoms with E-state index in [0.717, 1.165) is 17.0 Å². The lowest BCUT2D eigenvalue weighted by Gasteiger charge is -2.17. The summed E-state index contributed by atoms with van der Waals surface area (Å²) in [5.41, 5.74) is 2.91. The molecule has 0 spiro atoms. The molecule has 0 N–H and O–H groups in total. The molecule has 0 fully saturated rings. The Morgan fingerprint density at radius 3 is 2.29 bits per heavy atom. The van der Waals surface area contributed by atoms with E-state index in [4.69, 9.17) is 9.84 Å². The van der Waals surface area contributed by atoms with Gasteiger partial charge in [-0.05, 0) is 36.4 Å². The van der Waals surface area contributed by atoms with Gasteiger partial charge < -0.3 is 9.64 Å². The van der Waals surface area contributed by atoms with E-state index < -0.39 is 4.92 Å². The summed E-state index contributed by atoms with van der Waals surface area (Å²) in [6.45, 7) is 0.818. The highest BCUT2D eigenvalue weighted by Gasteiger charge is 2.18. The smallest absolute Gasteiger partial charge is 0.269 e. The lowest BCUT2D eigenvalue weighted by atomic mass is 10.1. The van der Waals surface area contributed by atoms with E-state index in [1.165, 1.54) is 12.1 Å². The van der Waals surface area contributed by atoms with Gasteiger partial charge in [-0.1, -0.05) is 36.4 Å². The zero-order chi connectivity index (χ0) is 23.9. The number of amides is 1. The van der Waals surface area contributed by atoms with Gasteiger partial charge in [0, 0.05) is 36.5 Å². The standard InChI is InChI=1S/C26H24N4O4/c1-28(16-17-34-24-10-6-3-7-11-24)25(31)18-21-19-29(22-8-4-2-5-9-22)27-26(21)20-12-14-23(15-13-20)30(32)33/h2-15,19H,16-18H2,1H3. The fourth-order valence-corrected chi connectivity index (χ4v) is 3.48. The number of nitrogens with zero attached hydrogens (tertiary/aromatic N) is 4. The van der Waals surface area contributed by atoms with Crippen LogP contribution in [-0.4, -0.2) is 45.7 Å². The van der Waals surface area contributed by atoms with Crippen molar-refractivity contribution in [3.8, 4) is 22.7 Å². The molecular formula is C26H24N4O4. The molecule has 0 saturated heterocycles. The van der Waals surface area contributed by atoms with Crippen LogP contribution in [0.3, 0.4) is 0 Å². The van der Waals surface area contributed by atoms with Gasteiger partial charge in [0.1, 0.15) is 12.4 Å². The van der Waals surface area contributed by atoms with Crippen molar-refractivity contribution < 1.29 is 14.5 Å². The van der Waals surface area contributed by atoms with Gasteiger partial charge in [0.25, 0.3) is 5.69 Å². The van der Waals surface area contributed by atoms with Gasteiger partial charge in [-0.3, -0.25) is 14.9 Å². The number of benzene rings is 3. The molecule has 0 unspecified atom stereocenters. The summed E-state index contributed by atoms with van der Waals surface area (Å²) in [4.78, 5) is 25.2. The summed E-state index contributed by atoms with van der Waals surface area (Å²) < 4.78 is 7.42. The second-order valence-corrected chi connectivity index (χ2v) is 7.74. The molecule has 8 nitrogen and oxygen atoms in total. The van der Waals surface area contributed by atoms with Crippen LogP contribution in [0.4, 0.5) is 5.69 Å². The van der Waals surface area contributed by atoms with Crippen molar-refractivity contribution in [2.75, 3.05) is 20.2 Å². The zero-order valence-electron chi connectivity index (χ0n) is 18.7. The lowest BCUT2D eigenvalue weighted by Crippen LogP contribution is -2.32. The minimum atomic E-state index is -0.441. The number of nitro groups is 1. The van der Waals surface area contributed by atoms with Crippen molar-refractivity contribution in [1.82, 2.24) is 14.7 Å². The first-order valence-corrected chi connectivity index (χ1v) is 10.8. The van der Waals surface area contributed by atoms with Gasteiger partial charge >= 0.3 is 0 Å². The number of likely N-dealkylation sites (N-methyl/N-ethyl adjacent to an activating group) is 1. The molecule has 0 aliphatic heterocycles. The molecule has 0 aliphatic rings. The Labute approximate surface area is 197 Å². The molecule has 3 aromatic carbocycles. The molecule has 4 aromatic rings. The van der Waals surface area contributed by atoms with Crippen LogP contribution in [-0.2, 0) is 11.2 Å². The summed E-state index contributed by atoms with van der Waals surface area (Å²) in [6.07, 6.45) is 1.97. The third-order valence-electron chi connectivity index (χ3n) is 5.37. The largest absolute Gasteiger partial charge is 0.492 e. The van der Waals surface area contributed by atoms with Crippen LogP contribution in [0.25, 0.3) is 16.9 Å². The van der Waals surface area contributed by atoms with Crippen molar-refractivity contribution >= 4 is 11.6 Å². The number of carbonyl (C=O) groups excluding carboxylic acids is 1. The van der Waals surface area contributed by atoms with E-state index in [2.05, 4.69) is 0 Å². The SMILES string of the molecule is CN(CCOc1ccccc1)C(=O)Cc1cn(-c2ccccc2)nc1-c1ccc([N+](=O)[O-])cc1. The average molecular weight is 457 g/mol. The van der Waals surface area contributed by atoms with Crippen LogP contribution < -0.4 is 4.74 Å². The minimum Gasteiger partial charge on any atom is -0.492 e. The number of hydrogen-bond acceptors (Lipinski definition) is 5. The molecule has 0 bridgehead atoms. The molecule has 172 valence electrons. The monoisotopic (exact) mass is 456 g/mol. The van der Waals surface area contributed by atoms with Gasteiger partial charge in [-0.2, -0.15) is 5.10 Å². The maximum absolute atomic E-state index is 13.0. The molecule has 0 radical (unpaired) electrons. The number of carbonyl (C=O) groups is 1. The van der Waals surface area contributed by atoms with Crippen molar-refractivity contribution in [1.29, 1.82) is 0 Å². The van der Waals surface area contributed by atoms with Crippen molar-refractivity contribution in [3.63, 3.8) is 0 Å². The topological polar surface area (TPSA) is 90.5 Å². The Bertz CT molecular complexity index is 1260. The molecule has 1 amide bonds. The van der Waals surface area contributed by atoms with Crippen LogP contribution in [0, 0.1) is 10.1 Å². The Balaban J connectivity index is 1.52. The first-order valence-electron chi connectivity index (χ1n) is 10.8. The van der Waals surface area contributed by atoms with Crippen LogP contribution in [0.15, 0.2) is 91.1 Å². The maximum atomic E-state index is 13.0. The van der Waals surface area contributed by atoms with Gasteiger partial charge in [-0.15, -0.1) is 0 Å². The molecule has 0 atom stereocenters. The third kappa shape index (κ3) is 5.47. The second kappa shape index (κ2) is 10.4. The van der Waals surface area contributed by atoms with E-state index >= 15 is 0 Å². The number of hydrogen-bond donors (Lipinski definition) is 0. The van der Waals surface area contributed by atoms with E-state index in [1.807, 2.05) is 66.9 Å². The highest BCUT2D eigenvalue weighted by atomic mass is 16.6. The van der Waals surface area contributed by atoms with Crippen LogP contribution in [0.5, 0.6) is 5.75 Å². The predicted octanol–water partition coefficient (Wildman–Crippen LogP) is 4.53. The number of ether oxygens (including phenoxy) is 1. The summed E-state index contributed by atoms with van der Waals surface area (Å²) in [5, 5.41) is 15.7. The molecule has 34 heavy (non-hydrogen) atoms. The Morgan fingerprint density at radius 2 is 1.65 bits per heavy atom. The number of non-ortho nitro benzene ring substituents is 1. The van der Waals surface area contributed by atoms with Gasteiger partial charge in [0.05, 0.1) is 29.3 Å². The average Bonchev–Trinajstić information content (AvgIpc) is 3.29. The van der Waals surface area contributed by atoms with E-state index in [-0.39, 0.29) is 18.0 Å². The number of aromatic nitrogens is 2. The number of nitro benzene ring substituents is 1. The minimum absolute atomic E-state index is 0.00187. The number of rotatable bonds is 9. The van der Waals surface area contributed by atoms with Gasteiger partial charge in [0.15, 0.2) is 0 Å². The quantitative estimate of drug-likeness (QED) is 0.273. The summed E-state index contributed by atoms with van der Waals surface area (Å²) in [6, 6.07) is 25.2. The van der Waals surface area contributed by atoms with Crippen LogP contribution in [0.1, 0.15) is 5.56 Å². The fourth-order valence-electron chi connectivity index (χ4n) is 3.48. The second-order valence-electron chi connectivity index (χ2n) is 7.74. The Hall–Kier alpha value is -4.46. The molecule has 0 aliphatic carbocycles. The highest BCUT2D eigenvalue weighted by molar-refractivity contribution is 5.81. The van der Waals surface area contributed by atoms with E-state index in [9.17, 15) is 14.9 Å². The Kier molecular flexibility index (Phi) is 6.98. The number of para-hydroxylation sites is 2. The zero-order valence-corrected chi connectivity index (χ0v) is 18.7. The van der Waals surface area contributed by atoms with Crippen LogP contribution in [0.2, 0.25) is 0 Å². The Morgan fingerprint density at radius 1 is 1.00 bits per heavy atom. The van der Waals surface area contributed by atoms with Gasteiger partial charge in [-0.25, -0.2) is 4.68 Å². The summed E-state index contributed by atoms with van der Waals surface area (Å²) in [5.74, 6) is 0.681. The van der Waals surface area contributed by atoms with Crippen molar-refractivity contribution in [3.05, 3.63) is 107 Å². The lowest BCUT2D eigenvalue weighted by molar-refractivity contribution is -0.384.